The number of unbranched alkanes of at least 4 members (excludes halogenated alkanes) is 24. The second kappa shape index (κ2) is 48.1. The summed E-state index contributed by atoms with van der Waals surface area (Å²) in [5.41, 5.74) is 0. The molecule has 0 atom stereocenters. The minimum atomic E-state index is -0.543. The van der Waals surface area contributed by atoms with Crippen molar-refractivity contribution < 1.29 is 43.1 Å². The molecule has 0 unspecified atom stereocenters. The Balaban J connectivity index is 4.26. The van der Waals surface area contributed by atoms with Crippen LogP contribution in [0.3, 0.4) is 0 Å². The highest BCUT2D eigenvalue weighted by Gasteiger charge is 2.15. The van der Waals surface area contributed by atoms with Crippen LogP contribution in [0, 0.1) is 0 Å². The first kappa shape index (κ1) is 56.4. The standard InChI is InChI=1S/C48H95NO9/c1-4-7-10-13-16-17-18-23-30-39-55-47(51)56-40-32-25-29-36-49(37-42-53-44-45-54-43-38-50)35-28-22-19-24-31-41-57-48(52)58-46(33-26-20-14-11-8-5-2)34-27-21-15-12-9-6-3/h46,50H,4-45H2,1-3H3. The first-order valence-corrected chi connectivity index (χ1v) is 24.7. The number of carbonyl (C=O) groups excluding carboxylic acids is 2. The van der Waals surface area contributed by atoms with Crippen LogP contribution in [0.25, 0.3) is 0 Å². The number of rotatable bonds is 47. The van der Waals surface area contributed by atoms with Crippen molar-refractivity contribution >= 4 is 12.3 Å². The van der Waals surface area contributed by atoms with Gasteiger partial charge in [-0.05, 0) is 77.3 Å². The van der Waals surface area contributed by atoms with E-state index in [-0.39, 0.29) is 12.7 Å². The molecule has 10 heteroatoms. The van der Waals surface area contributed by atoms with Crippen LogP contribution in [0.2, 0.25) is 0 Å². The Morgan fingerprint density at radius 1 is 0.397 bits per heavy atom. The largest absolute Gasteiger partial charge is 0.508 e. The zero-order valence-corrected chi connectivity index (χ0v) is 38.4. The molecule has 0 amide bonds. The zero-order valence-electron chi connectivity index (χ0n) is 38.4. The summed E-state index contributed by atoms with van der Waals surface area (Å²) in [5.74, 6) is 0. The minimum Gasteiger partial charge on any atom is -0.434 e. The molecule has 0 rings (SSSR count). The van der Waals surface area contributed by atoms with Crippen molar-refractivity contribution in [2.45, 2.75) is 226 Å². The Labute approximate surface area is 357 Å². The maximum absolute atomic E-state index is 12.6. The van der Waals surface area contributed by atoms with Crippen LogP contribution in [-0.4, -0.2) is 101 Å². The predicted molar refractivity (Wildman–Crippen MR) is 239 cm³/mol. The molecule has 0 spiro atoms. The second-order valence-electron chi connectivity index (χ2n) is 16.3. The number of carbonyl (C=O) groups is 2. The third-order valence-electron chi connectivity index (χ3n) is 10.8. The van der Waals surface area contributed by atoms with Gasteiger partial charge in [0.1, 0.15) is 6.10 Å². The molecule has 1 N–H and O–H groups in total. The lowest BCUT2D eigenvalue weighted by Gasteiger charge is -2.22. The van der Waals surface area contributed by atoms with Crippen LogP contribution in [0.1, 0.15) is 220 Å². The molecule has 0 aliphatic heterocycles. The third-order valence-corrected chi connectivity index (χ3v) is 10.8. The number of aliphatic hydroxyl groups is 1. The van der Waals surface area contributed by atoms with Crippen LogP contribution in [0.4, 0.5) is 9.59 Å². The first-order valence-electron chi connectivity index (χ1n) is 24.7. The molecular formula is C48H95NO9. The van der Waals surface area contributed by atoms with Crippen molar-refractivity contribution in [1.82, 2.24) is 4.90 Å². The van der Waals surface area contributed by atoms with Gasteiger partial charge < -0.3 is 38.4 Å². The van der Waals surface area contributed by atoms with Gasteiger partial charge in [0.25, 0.3) is 0 Å². The topological polar surface area (TPSA) is 113 Å². The lowest BCUT2D eigenvalue weighted by atomic mass is 10.0. The molecule has 0 bridgehead atoms. The Hall–Kier alpha value is -1.62. The van der Waals surface area contributed by atoms with Gasteiger partial charge in [-0.1, -0.05) is 156 Å². The normalized spacial score (nSPS) is 11.5. The molecule has 0 saturated heterocycles. The summed E-state index contributed by atoms with van der Waals surface area (Å²) in [6.07, 6.45) is 35.0. The molecule has 10 nitrogen and oxygen atoms in total. The fourth-order valence-corrected chi connectivity index (χ4v) is 7.16. The molecule has 0 aromatic rings. The summed E-state index contributed by atoms with van der Waals surface area (Å²) >= 11 is 0. The van der Waals surface area contributed by atoms with Crippen molar-refractivity contribution in [2.24, 2.45) is 0 Å². The van der Waals surface area contributed by atoms with Gasteiger partial charge in [-0.15, -0.1) is 0 Å². The van der Waals surface area contributed by atoms with E-state index in [4.69, 9.17) is 33.5 Å². The van der Waals surface area contributed by atoms with E-state index < -0.39 is 12.3 Å². The van der Waals surface area contributed by atoms with Crippen molar-refractivity contribution in [3.8, 4) is 0 Å². The summed E-state index contributed by atoms with van der Waals surface area (Å²) in [5, 5.41) is 8.88. The molecule has 58 heavy (non-hydrogen) atoms. The monoisotopic (exact) mass is 830 g/mol. The van der Waals surface area contributed by atoms with E-state index in [1.165, 1.54) is 109 Å². The van der Waals surface area contributed by atoms with Gasteiger partial charge in [-0.3, -0.25) is 0 Å². The van der Waals surface area contributed by atoms with Crippen LogP contribution in [0.5, 0.6) is 0 Å². The molecule has 0 fully saturated rings. The van der Waals surface area contributed by atoms with Crippen molar-refractivity contribution in [1.29, 1.82) is 0 Å². The highest BCUT2D eigenvalue weighted by atomic mass is 16.7. The number of ether oxygens (including phenoxy) is 6. The van der Waals surface area contributed by atoms with Gasteiger partial charge in [0.2, 0.25) is 0 Å². The quantitative estimate of drug-likeness (QED) is 0.0470. The number of nitrogens with zero attached hydrogens (tertiary/aromatic N) is 1. The van der Waals surface area contributed by atoms with Gasteiger partial charge in [-0.25, -0.2) is 9.59 Å². The Morgan fingerprint density at radius 3 is 1.21 bits per heavy atom. The molecule has 0 saturated carbocycles. The maximum atomic E-state index is 12.6. The first-order chi connectivity index (χ1) is 28.6. The molecule has 0 radical (unpaired) electrons. The van der Waals surface area contributed by atoms with Gasteiger partial charge >= 0.3 is 12.3 Å². The maximum Gasteiger partial charge on any atom is 0.508 e. The van der Waals surface area contributed by atoms with E-state index in [1.807, 2.05) is 0 Å². The van der Waals surface area contributed by atoms with Crippen LogP contribution >= 0.6 is 0 Å². The van der Waals surface area contributed by atoms with E-state index in [0.717, 1.165) is 110 Å². The highest BCUT2D eigenvalue weighted by molar-refractivity contribution is 5.60. The highest BCUT2D eigenvalue weighted by Crippen LogP contribution is 2.18. The molecule has 0 aliphatic rings. The Kier molecular flexibility index (Phi) is 46.7. The van der Waals surface area contributed by atoms with Gasteiger partial charge in [0.15, 0.2) is 0 Å². The second-order valence-corrected chi connectivity index (χ2v) is 16.3. The van der Waals surface area contributed by atoms with Gasteiger partial charge in [0, 0.05) is 6.54 Å². The minimum absolute atomic E-state index is 0.0195. The SMILES string of the molecule is CCCCCCCCCCCOC(=O)OCCCCCN(CCCCCCCOC(=O)OC(CCCCCCCC)CCCCCCCC)CCOCCOCCO. The molecule has 346 valence electrons. The fourth-order valence-electron chi connectivity index (χ4n) is 7.16. The van der Waals surface area contributed by atoms with Gasteiger partial charge in [-0.2, -0.15) is 0 Å². The van der Waals surface area contributed by atoms with Gasteiger partial charge in [0.05, 0.1) is 52.9 Å². The van der Waals surface area contributed by atoms with E-state index in [9.17, 15) is 9.59 Å². The average Bonchev–Trinajstić information content (AvgIpc) is 3.22. The summed E-state index contributed by atoms with van der Waals surface area (Å²) in [6.45, 7) is 12.9. The Morgan fingerprint density at radius 2 is 0.759 bits per heavy atom. The summed E-state index contributed by atoms with van der Waals surface area (Å²) in [6, 6.07) is 0. The molecule has 0 aromatic carbocycles. The lowest BCUT2D eigenvalue weighted by Crippen LogP contribution is -2.30. The van der Waals surface area contributed by atoms with E-state index in [2.05, 4.69) is 25.7 Å². The van der Waals surface area contributed by atoms with E-state index in [1.54, 1.807) is 0 Å². The molecular weight excluding hydrogens is 735 g/mol. The number of hydrogen-bond donors (Lipinski definition) is 1. The molecule has 0 aliphatic carbocycles. The lowest BCUT2D eigenvalue weighted by molar-refractivity contribution is 0.0154. The van der Waals surface area contributed by atoms with E-state index in [0.29, 0.717) is 46.2 Å². The Bertz CT molecular complexity index is 817. The molecule has 0 aromatic heterocycles. The molecule has 0 heterocycles. The average molecular weight is 830 g/mol. The van der Waals surface area contributed by atoms with Crippen LogP contribution in [-0.2, 0) is 28.4 Å². The van der Waals surface area contributed by atoms with Crippen LogP contribution < -0.4 is 0 Å². The number of aliphatic hydroxyl groups excluding tert-OH is 1. The van der Waals surface area contributed by atoms with E-state index >= 15 is 0 Å². The summed E-state index contributed by atoms with van der Waals surface area (Å²) in [4.78, 5) is 27.0. The van der Waals surface area contributed by atoms with Crippen molar-refractivity contribution in [3.05, 3.63) is 0 Å². The van der Waals surface area contributed by atoms with Crippen molar-refractivity contribution in [3.63, 3.8) is 0 Å². The smallest absolute Gasteiger partial charge is 0.434 e. The zero-order chi connectivity index (χ0) is 42.3. The number of hydrogen-bond acceptors (Lipinski definition) is 10. The fraction of sp³-hybridized carbons (Fsp3) is 0.958. The summed E-state index contributed by atoms with van der Waals surface area (Å²) in [7, 11) is 0. The van der Waals surface area contributed by atoms with Crippen molar-refractivity contribution in [2.75, 3.05) is 72.5 Å². The summed E-state index contributed by atoms with van der Waals surface area (Å²) < 4.78 is 33.0. The third kappa shape index (κ3) is 43.9. The van der Waals surface area contributed by atoms with Crippen LogP contribution in [0.15, 0.2) is 0 Å². The predicted octanol–water partition coefficient (Wildman–Crippen LogP) is 13.1.